The lowest BCUT2D eigenvalue weighted by molar-refractivity contribution is -0.146. The maximum atomic E-state index is 11.6. The van der Waals surface area contributed by atoms with E-state index >= 15 is 0 Å². The monoisotopic (exact) mass is 366 g/mol. The van der Waals surface area contributed by atoms with E-state index in [9.17, 15) is 9.59 Å². The van der Waals surface area contributed by atoms with Crippen LogP contribution in [0.2, 0.25) is 0 Å². The fourth-order valence-corrected chi connectivity index (χ4v) is 2.55. The summed E-state index contributed by atoms with van der Waals surface area (Å²) in [6.07, 6.45) is 0. The van der Waals surface area contributed by atoms with Crippen molar-refractivity contribution in [3.8, 4) is 11.5 Å². The van der Waals surface area contributed by atoms with Gasteiger partial charge in [-0.2, -0.15) is 0 Å². The Kier molecular flexibility index (Phi) is 8.01. The standard InChI is InChI=1S/C18H26N2O6/c1-3-23-17(21)12-25-14-5-6-15(20-9-7-19-8-10-20)16(11-14)26-13-18(22)24-4-2/h5-6,11,19H,3-4,7-10,12-13H2,1-2H3. The number of carbonyl (C=O) groups is 2. The lowest BCUT2D eigenvalue weighted by Gasteiger charge is -2.31. The molecule has 0 saturated carbocycles. The Morgan fingerprint density at radius 3 is 2.23 bits per heavy atom. The lowest BCUT2D eigenvalue weighted by atomic mass is 10.2. The summed E-state index contributed by atoms with van der Waals surface area (Å²) in [6, 6.07) is 5.32. The van der Waals surface area contributed by atoms with E-state index in [0.29, 0.717) is 24.7 Å². The van der Waals surface area contributed by atoms with Crippen molar-refractivity contribution < 1.29 is 28.5 Å². The fraction of sp³-hybridized carbons (Fsp3) is 0.556. The van der Waals surface area contributed by atoms with Crippen LogP contribution in [0.3, 0.4) is 0 Å². The number of esters is 2. The summed E-state index contributed by atoms with van der Waals surface area (Å²) in [5.74, 6) is 0.112. The molecule has 144 valence electrons. The van der Waals surface area contributed by atoms with Crippen molar-refractivity contribution >= 4 is 17.6 Å². The van der Waals surface area contributed by atoms with Gasteiger partial charge in [-0.3, -0.25) is 0 Å². The first-order chi connectivity index (χ1) is 12.6. The Morgan fingerprint density at radius 2 is 1.62 bits per heavy atom. The minimum atomic E-state index is -0.437. The van der Waals surface area contributed by atoms with Crippen LogP contribution in [0, 0.1) is 0 Å². The Morgan fingerprint density at radius 1 is 1.00 bits per heavy atom. The minimum absolute atomic E-state index is 0.182. The highest BCUT2D eigenvalue weighted by Gasteiger charge is 2.17. The zero-order chi connectivity index (χ0) is 18.8. The molecule has 0 bridgehead atoms. The predicted molar refractivity (Wildman–Crippen MR) is 95.8 cm³/mol. The van der Waals surface area contributed by atoms with E-state index in [0.717, 1.165) is 31.9 Å². The molecule has 8 heteroatoms. The van der Waals surface area contributed by atoms with Crippen LogP contribution in [0.5, 0.6) is 11.5 Å². The van der Waals surface area contributed by atoms with Crippen LogP contribution >= 0.6 is 0 Å². The van der Waals surface area contributed by atoms with Crippen molar-refractivity contribution in [1.29, 1.82) is 0 Å². The normalized spacial score (nSPS) is 13.8. The average Bonchev–Trinajstić information content (AvgIpc) is 2.66. The van der Waals surface area contributed by atoms with E-state index in [2.05, 4.69) is 10.2 Å². The van der Waals surface area contributed by atoms with E-state index in [1.807, 2.05) is 6.07 Å². The smallest absolute Gasteiger partial charge is 0.344 e. The van der Waals surface area contributed by atoms with E-state index in [1.54, 1.807) is 26.0 Å². The Bertz CT molecular complexity index is 601. The molecule has 0 radical (unpaired) electrons. The van der Waals surface area contributed by atoms with Crippen LogP contribution in [0.15, 0.2) is 18.2 Å². The second-order valence-electron chi connectivity index (χ2n) is 5.55. The van der Waals surface area contributed by atoms with E-state index in [4.69, 9.17) is 18.9 Å². The quantitative estimate of drug-likeness (QED) is 0.648. The molecule has 8 nitrogen and oxygen atoms in total. The third-order valence-corrected chi connectivity index (χ3v) is 3.70. The number of ether oxygens (including phenoxy) is 4. The molecule has 26 heavy (non-hydrogen) atoms. The highest BCUT2D eigenvalue weighted by Crippen LogP contribution is 2.33. The van der Waals surface area contributed by atoms with Gasteiger partial charge in [0.1, 0.15) is 11.5 Å². The number of piperazine rings is 1. The first-order valence-corrected chi connectivity index (χ1v) is 8.80. The third kappa shape index (κ3) is 6.11. The second-order valence-corrected chi connectivity index (χ2v) is 5.55. The van der Waals surface area contributed by atoms with E-state index < -0.39 is 11.9 Å². The number of benzene rings is 1. The highest BCUT2D eigenvalue weighted by molar-refractivity contribution is 5.72. The van der Waals surface area contributed by atoms with Crippen LogP contribution < -0.4 is 19.7 Å². The SMILES string of the molecule is CCOC(=O)COc1ccc(N2CCNCC2)c(OCC(=O)OCC)c1. The fourth-order valence-electron chi connectivity index (χ4n) is 2.55. The Labute approximate surface area is 153 Å². The summed E-state index contributed by atoms with van der Waals surface area (Å²) in [4.78, 5) is 25.2. The molecule has 0 unspecified atom stereocenters. The van der Waals surface area contributed by atoms with Crippen molar-refractivity contribution in [2.45, 2.75) is 13.8 Å². The number of nitrogens with zero attached hydrogens (tertiary/aromatic N) is 1. The summed E-state index contributed by atoms with van der Waals surface area (Å²) in [6.45, 7) is 7.13. The zero-order valence-corrected chi connectivity index (χ0v) is 15.3. The summed E-state index contributed by atoms with van der Waals surface area (Å²) >= 11 is 0. The molecule has 1 aliphatic rings. The van der Waals surface area contributed by atoms with E-state index in [1.165, 1.54) is 0 Å². The van der Waals surface area contributed by atoms with Gasteiger partial charge >= 0.3 is 11.9 Å². The molecule has 1 heterocycles. The Hall–Kier alpha value is -2.48. The molecule has 0 aromatic heterocycles. The maximum absolute atomic E-state index is 11.6. The molecule has 1 fully saturated rings. The summed E-state index contributed by atoms with van der Waals surface area (Å²) in [7, 11) is 0. The number of rotatable bonds is 9. The van der Waals surface area contributed by atoms with Gasteiger partial charge in [-0.05, 0) is 26.0 Å². The van der Waals surface area contributed by atoms with Gasteiger partial charge in [0.2, 0.25) is 0 Å². The first kappa shape index (κ1) is 19.8. The molecule has 1 saturated heterocycles. The molecule has 1 N–H and O–H groups in total. The van der Waals surface area contributed by atoms with Gasteiger partial charge in [0, 0.05) is 32.2 Å². The van der Waals surface area contributed by atoms with Crippen LogP contribution in [0.25, 0.3) is 0 Å². The molecule has 1 aromatic carbocycles. The van der Waals surface area contributed by atoms with Gasteiger partial charge in [-0.25, -0.2) is 9.59 Å². The molecular weight excluding hydrogens is 340 g/mol. The van der Waals surface area contributed by atoms with Gasteiger partial charge in [0.05, 0.1) is 18.9 Å². The second kappa shape index (κ2) is 10.5. The first-order valence-electron chi connectivity index (χ1n) is 8.80. The molecule has 1 aliphatic heterocycles. The zero-order valence-electron chi connectivity index (χ0n) is 15.3. The summed E-state index contributed by atoms with van der Waals surface area (Å²) < 4.78 is 20.9. The largest absolute Gasteiger partial charge is 0.482 e. The number of hydrogen-bond donors (Lipinski definition) is 1. The van der Waals surface area contributed by atoms with Gasteiger partial charge in [0.25, 0.3) is 0 Å². The highest BCUT2D eigenvalue weighted by atomic mass is 16.6. The number of hydrogen-bond acceptors (Lipinski definition) is 8. The molecule has 0 amide bonds. The van der Waals surface area contributed by atoms with Gasteiger partial charge in [0.15, 0.2) is 13.2 Å². The summed E-state index contributed by atoms with van der Waals surface area (Å²) in [5.41, 5.74) is 0.874. The predicted octanol–water partition coefficient (Wildman–Crippen LogP) is 0.980. The van der Waals surface area contributed by atoms with Crippen molar-refractivity contribution in [1.82, 2.24) is 5.32 Å². The van der Waals surface area contributed by atoms with Crippen LogP contribution in [-0.4, -0.2) is 64.5 Å². The average molecular weight is 366 g/mol. The van der Waals surface area contributed by atoms with Crippen LogP contribution in [0.1, 0.15) is 13.8 Å². The van der Waals surface area contributed by atoms with Crippen molar-refractivity contribution in [2.24, 2.45) is 0 Å². The van der Waals surface area contributed by atoms with Gasteiger partial charge in [-0.15, -0.1) is 0 Å². The number of nitrogens with one attached hydrogen (secondary N) is 1. The van der Waals surface area contributed by atoms with Crippen LogP contribution in [0.4, 0.5) is 5.69 Å². The minimum Gasteiger partial charge on any atom is -0.482 e. The van der Waals surface area contributed by atoms with Gasteiger partial charge < -0.3 is 29.2 Å². The van der Waals surface area contributed by atoms with E-state index in [-0.39, 0.29) is 13.2 Å². The molecule has 0 atom stereocenters. The third-order valence-electron chi connectivity index (χ3n) is 3.70. The molecule has 2 rings (SSSR count). The molecular formula is C18H26N2O6. The van der Waals surface area contributed by atoms with Gasteiger partial charge in [-0.1, -0.05) is 0 Å². The molecule has 0 aliphatic carbocycles. The summed E-state index contributed by atoms with van der Waals surface area (Å²) in [5, 5.41) is 3.29. The van der Waals surface area contributed by atoms with Crippen LogP contribution in [-0.2, 0) is 19.1 Å². The number of anilines is 1. The molecule has 1 aromatic rings. The Balaban J connectivity index is 2.10. The van der Waals surface area contributed by atoms with Crippen molar-refractivity contribution in [3.05, 3.63) is 18.2 Å². The maximum Gasteiger partial charge on any atom is 0.344 e. The topological polar surface area (TPSA) is 86.3 Å². The molecule has 0 spiro atoms. The van der Waals surface area contributed by atoms with Crippen molar-refractivity contribution in [3.63, 3.8) is 0 Å². The lowest BCUT2D eigenvalue weighted by Crippen LogP contribution is -2.43. The number of carbonyl (C=O) groups excluding carboxylic acids is 2. The van der Waals surface area contributed by atoms with Crippen molar-refractivity contribution in [2.75, 3.05) is 57.5 Å².